The molecule has 5 heteroatoms. The third kappa shape index (κ3) is 2.18. The van der Waals surface area contributed by atoms with Gasteiger partial charge in [0.05, 0.1) is 18.1 Å². The Morgan fingerprint density at radius 1 is 1.50 bits per heavy atom. The highest BCUT2D eigenvalue weighted by Gasteiger charge is 2.38. The van der Waals surface area contributed by atoms with Gasteiger partial charge in [-0.2, -0.15) is 0 Å². The summed E-state index contributed by atoms with van der Waals surface area (Å²) in [5.74, 6) is -0.144. The van der Waals surface area contributed by atoms with Crippen LogP contribution in [0.25, 0.3) is 0 Å². The van der Waals surface area contributed by atoms with Gasteiger partial charge in [-0.1, -0.05) is 0 Å². The Kier molecular flexibility index (Phi) is 3.01. The second kappa shape index (κ2) is 4.59. The lowest BCUT2D eigenvalue weighted by Gasteiger charge is -2.29. The first-order valence-electron chi connectivity index (χ1n) is 6.85. The van der Waals surface area contributed by atoms with Gasteiger partial charge in [0.15, 0.2) is 0 Å². The Hall–Kier alpha value is -1.88. The van der Waals surface area contributed by atoms with Crippen LogP contribution in [-0.2, 0) is 16.0 Å². The quantitative estimate of drug-likeness (QED) is 0.858. The molecule has 0 aliphatic carbocycles. The highest BCUT2D eigenvalue weighted by Crippen LogP contribution is 2.27. The molecule has 1 fully saturated rings. The third-order valence-corrected chi connectivity index (χ3v) is 4.28. The molecule has 2 aliphatic heterocycles. The number of hydrogen-bond donors (Lipinski definition) is 2. The average molecular weight is 274 g/mol. The van der Waals surface area contributed by atoms with Gasteiger partial charge in [-0.15, -0.1) is 0 Å². The fourth-order valence-electron chi connectivity index (χ4n) is 2.70. The van der Waals surface area contributed by atoms with Crippen molar-refractivity contribution in [1.29, 1.82) is 0 Å². The van der Waals surface area contributed by atoms with Crippen molar-refractivity contribution >= 4 is 17.5 Å². The Morgan fingerprint density at radius 3 is 3.00 bits per heavy atom. The van der Waals surface area contributed by atoms with E-state index in [1.54, 1.807) is 18.2 Å². The molecule has 1 saturated heterocycles. The van der Waals surface area contributed by atoms with Crippen LogP contribution in [0.3, 0.4) is 0 Å². The number of ether oxygens (including phenoxy) is 1. The molecule has 3 rings (SSSR count). The van der Waals surface area contributed by atoms with Gasteiger partial charge in [0.1, 0.15) is 0 Å². The van der Waals surface area contributed by atoms with Crippen LogP contribution in [0.15, 0.2) is 18.2 Å². The number of hydrogen-bond acceptors (Lipinski definition) is 3. The highest BCUT2D eigenvalue weighted by atomic mass is 16.5. The van der Waals surface area contributed by atoms with Crippen molar-refractivity contribution in [2.45, 2.75) is 38.3 Å². The molecule has 0 radical (unpaired) electrons. The molecule has 2 N–H and O–H groups in total. The zero-order chi connectivity index (χ0) is 14.3. The van der Waals surface area contributed by atoms with E-state index in [4.69, 9.17) is 4.74 Å². The summed E-state index contributed by atoms with van der Waals surface area (Å²) in [7, 11) is 0. The zero-order valence-electron chi connectivity index (χ0n) is 11.7. The van der Waals surface area contributed by atoms with E-state index in [0.29, 0.717) is 18.6 Å². The molecule has 2 aliphatic rings. The molecule has 106 valence electrons. The van der Waals surface area contributed by atoms with Crippen molar-refractivity contribution in [2.75, 3.05) is 11.9 Å². The number of rotatable bonds is 2. The van der Waals surface area contributed by atoms with Gasteiger partial charge in [-0.25, -0.2) is 0 Å². The number of benzene rings is 1. The van der Waals surface area contributed by atoms with Crippen LogP contribution in [0.4, 0.5) is 5.69 Å². The fraction of sp³-hybridized carbons (Fsp3) is 0.467. The second-order valence-electron chi connectivity index (χ2n) is 5.73. The SMILES string of the molecule is CC1OCCC1(C)NC(=O)c1ccc2c(c1)CC(=O)N2. The van der Waals surface area contributed by atoms with Gasteiger partial charge < -0.3 is 15.4 Å². The number of fused-ring (bicyclic) bond motifs is 1. The van der Waals surface area contributed by atoms with Crippen LogP contribution in [0.5, 0.6) is 0 Å². The van der Waals surface area contributed by atoms with Gasteiger partial charge in [-0.05, 0) is 44.0 Å². The van der Waals surface area contributed by atoms with Crippen molar-refractivity contribution in [3.05, 3.63) is 29.3 Å². The van der Waals surface area contributed by atoms with E-state index in [0.717, 1.165) is 17.7 Å². The molecule has 1 aromatic rings. The zero-order valence-corrected chi connectivity index (χ0v) is 11.7. The van der Waals surface area contributed by atoms with Crippen LogP contribution < -0.4 is 10.6 Å². The first kappa shape index (κ1) is 13.1. The molecule has 1 aromatic carbocycles. The Labute approximate surface area is 117 Å². The average Bonchev–Trinajstić information content (AvgIpc) is 2.91. The molecule has 2 heterocycles. The van der Waals surface area contributed by atoms with Crippen LogP contribution in [-0.4, -0.2) is 30.1 Å². The van der Waals surface area contributed by atoms with E-state index < -0.39 is 0 Å². The molecule has 0 bridgehead atoms. The minimum Gasteiger partial charge on any atom is -0.376 e. The summed E-state index contributed by atoms with van der Waals surface area (Å²) in [5.41, 5.74) is 1.93. The van der Waals surface area contributed by atoms with E-state index in [1.165, 1.54) is 0 Å². The van der Waals surface area contributed by atoms with Crippen LogP contribution in [0.1, 0.15) is 36.2 Å². The molecule has 20 heavy (non-hydrogen) atoms. The maximum Gasteiger partial charge on any atom is 0.251 e. The Balaban J connectivity index is 1.78. The summed E-state index contributed by atoms with van der Waals surface area (Å²) in [6.07, 6.45) is 1.15. The van der Waals surface area contributed by atoms with Crippen molar-refractivity contribution in [2.24, 2.45) is 0 Å². The Morgan fingerprint density at radius 2 is 2.30 bits per heavy atom. The molecule has 0 saturated carbocycles. The predicted octanol–water partition coefficient (Wildman–Crippen LogP) is 1.48. The number of anilines is 1. The minimum absolute atomic E-state index is 0.00382. The molecule has 0 spiro atoms. The molecule has 2 amide bonds. The lowest BCUT2D eigenvalue weighted by Crippen LogP contribution is -2.50. The van der Waals surface area contributed by atoms with E-state index in [2.05, 4.69) is 10.6 Å². The Bertz CT molecular complexity index is 584. The van der Waals surface area contributed by atoms with E-state index in [1.807, 2.05) is 13.8 Å². The van der Waals surface area contributed by atoms with E-state index >= 15 is 0 Å². The first-order chi connectivity index (χ1) is 9.48. The summed E-state index contributed by atoms with van der Waals surface area (Å²) < 4.78 is 5.52. The summed E-state index contributed by atoms with van der Waals surface area (Å²) in [5, 5.41) is 5.81. The maximum atomic E-state index is 12.4. The standard InChI is InChI=1S/C15H18N2O3/c1-9-15(2,5-6-20-9)17-14(19)10-3-4-12-11(7-10)8-13(18)16-12/h3-4,7,9H,5-6,8H2,1-2H3,(H,16,18)(H,17,19). The molecule has 2 unspecified atom stereocenters. The van der Waals surface area contributed by atoms with E-state index in [9.17, 15) is 9.59 Å². The minimum atomic E-state index is -0.329. The van der Waals surface area contributed by atoms with Crippen molar-refractivity contribution in [3.63, 3.8) is 0 Å². The molecule has 2 atom stereocenters. The van der Waals surface area contributed by atoms with Crippen molar-refractivity contribution < 1.29 is 14.3 Å². The summed E-state index contributed by atoms with van der Waals surface area (Å²) in [6, 6.07) is 5.31. The number of carbonyl (C=O) groups is 2. The number of nitrogens with one attached hydrogen (secondary N) is 2. The van der Waals surface area contributed by atoms with Crippen LogP contribution in [0, 0.1) is 0 Å². The molecule has 0 aromatic heterocycles. The van der Waals surface area contributed by atoms with E-state index in [-0.39, 0.29) is 23.5 Å². The van der Waals surface area contributed by atoms with Gasteiger partial charge in [0.2, 0.25) is 5.91 Å². The topological polar surface area (TPSA) is 67.4 Å². The fourth-order valence-corrected chi connectivity index (χ4v) is 2.70. The predicted molar refractivity (Wildman–Crippen MR) is 74.7 cm³/mol. The first-order valence-corrected chi connectivity index (χ1v) is 6.85. The van der Waals surface area contributed by atoms with Crippen molar-refractivity contribution in [1.82, 2.24) is 5.32 Å². The van der Waals surface area contributed by atoms with Crippen molar-refractivity contribution in [3.8, 4) is 0 Å². The second-order valence-corrected chi connectivity index (χ2v) is 5.73. The van der Waals surface area contributed by atoms with Gasteiger partial charge >= 0.3 is 0 Å². The number of carbonyl (C=O) groups excluding carboxylic acids is 2. The van der Waals surface area contributed by atoms with Crippen LogP contribution >= 0.6 is 0 Å². The summed E-state index contributed by atoms with van der Waals surface area (Å²) in [6.45, 7) is 4.64. The lowest BCUT2D eigenvalue weighted by molar-refractivity contribution is -0.115. The summed E-state index contributed by atoms with van der Waals surface area (Å²) >= 11 is 0. The van der Waals surface area contributed by atoms with Gasteiger partial charge in [0.25, 0.3) is 5.91 Å². The molecular formula is C15H18N2O3. The smallest absolute Gasteiger partial charge is 0.251 e. The maximum absolute atomic E-state index is 12.4. The lowest BCUT2D eigenvalue weighted by atomic mass is 9.94. The highest BCUT2D eigenvalue weighted by molar-refractivity contribution is 6.01. The molecule has 5 nitrogen and oxygen atoms in total. The van der Waals surface area contributed by atoms with Gasteiger partial charge in [0, 0.05) is 17.9 Å². The third-order valence-electron chi connectivity index (χ3n) is 4.28. The number of amides is 2. The monoisotopic (exact) mass is 274 g/mol. The van der Waals surface area contributed by atoms with Crippen LogP contribution in [0.2, 0.25) is 0 Å². The summed E-state index contributed by atoms with van der Waals surface area (Å²) in [4.78, 5) is 23.7. The largest absolute Gasteiger partial charge is 0.376 e. The van der Waals surface area contributed by atoms with Gasteiger partial charge in [-0.3, -0.25) is 9.59 Å². The molecular weight excluding hydrogens is 256 g/mol. The normalized spacial score (nSPS) is 28.1.